The number of Topliss-reactive ketones (excluding diaryl/α,β-unsaturated/α-hetero) is 1. The van der Waals surface area contributed by atoms with Crippen LogP contribution in [0.2, 0.25) is 0 Å². The van der Waals surface area contributed by atoms with E-state index in [1.807, 2.05) is 0 Å². The molecule has 0 N–H and O–H groups in total. The summed E-state index contributed by atoms with van der Waals surface area (Å²) in [6.45, 7) is 6.02. The van der Waals surface area contributed by atoms with Crippen molar-refractivity contribution in [3.05, 3.63) is 34.4 Å². The van der Waals surface area contributed by atoms with Gasteiger partial charge in [0, 0.05) is 6.42 Å². The van der Waals surface area contributed by atoms with Crippen LogP contribution in [0.3, 0.4) is 0 Å². The van der Waals surface area contributed by atoms with Crippen LogP contribution >= 0.6 is 0 Å². The number of ketones is 1. The number of carbonyl (C=O) groups is 1. The quantitative estimate of drug-likeness (QED) is 0.752. The average molecular weight is 216 g/mol. The highest BCUT2D eigenvalue weighted by molar-refractivity contribution is 5.79. The lowest BCUT2D eigenvalue weighted by molar-refractivity contribution is -0.116. The monoisotopic (exact) mass is 216 g/mol. The molecule has 1 saturated carbocycles. The molecule has 1 nitrogen and oxygen atoms in total. The van der Waals surface area contributed by atoms with Crippen LogP contribution in [-0.2, 0) is 17.6 Å². The Morgan fingerprint density at radius 3 is 2.56 bits per heavy atom. The second-order valence-electron chi connectivity index (χ2n) is 5.00. The van der Waals surface area contributed by atoms with Gasteiger partial charge in [0.2, 0.25) is 0 Å². The second-order valence-corrected chi connectivity index (χ2v) is 5.00. The number of rotatable bonds is 4. The number of carbonyl (C=O) groups excluding carboxylic acids is 1. The molecule has 0 radical (unpaired) electrons. The molecule has 1 aromatic carbocycles. The molecule has 0 saturated heterocycles. The minimum atomic E-state index is 0.278. The molecule has 0 spiro atoms. The zero-order valence-corrected chi connectivity index (χ0v) is 10.5. The van der Waals surface area contributed by atoms with Crippen molar-refractivity contribution < 1.29 is 4.79 Å². The lowest BCUT2D eigenvalue weighted by Crippen LogP contribution is -2.05. The van der Waals surface area contributed by atoms with E-state index in [4.69, 9.17) is 0 Å². The van der Waals surface area contributed by atoms with Gasteiger partial charge >= 0.3 is 0 Å². The predicted octanol–water partition coefficient (Wildman–Crippen LogP) is 3.57. The van der Waals surface area contributed by atoms with Crippen LogP contribution in [0, 0.1) is 6.92 Å². The van der Waals surface area contributed by atoms with Crippen LogP contribution in [0.25, 0.3) is 0 Å². The van der Waals surface area contributed by atoms with Crippen LogP contribution in [-0.4, -0.2) is 5.78 Å². The highest BCUT2D eigenvalue weighted by Gasteiger charge is 2.27. The largest absolute Gasteiger partial charge is 0.300 e. The van der Waals surface area contributed by atoms with E-state index < -0.39 is 0 Å². The Labute approximate surface area is 97.9 Å². The van der Waals surface area contributed by atoms with E-state index >= 15 is 0 Å². The molecule has 1 fully saturated rings. The Morgan fingerprint density at radius 2 is 2.06 bits per heavy atom. The molecular weight excluding hydrogens is 196 g/mol. The van der Waals surface area contributed by atoms with Crippen molar-refractivity contribution >= 4 is 5.78 Å². The predicted molar refractivity (Wildman–Crippen MR) is 66.9 cm³/mol. The SMILES string of the molecule is CCc1cc(C)cc(C2CC2)c1CC(C)=O. The van der Waals surface area contributed by atoms with Gasteiger partial charge in [0.25, 0.3) is 0 Å². The first kappa shape index (κ1) is 11.4. The minimum Gasteiger partial charge on any atom is -0.300 e. The first-order chi connectivity index (χ1) is 7.61. The molecule has 1 aliphatic carbocycles. The number of benzene rings is 1. The van der Waals surface area contributed by atoms with Gasteiger partial charge in [0.05, 0.1) is 0 Å². The topological polar surface area (TPSA) is 17.1 Å². The molecule has 16 heavy (non-hydrogen) atoms. The van der Waals surface area contributed by atoms with Gasteiger partial charge in [0.1, 0.15) is 5.78 Å². The fourth-order valence-corrected chi connectivity index (χ4v) is 2.46. The van der Waals surface area contributed by atoms with Crippen molar-refractivity contribution in [2.45, 2.75) is 52.4 Å². The maximum atomic E-state index is 11.4. The normalized spacial score (nSPS) is 15.2. The standard InChI is InChI=1S/C15H20O/c1-4-12-7-10(2)8-14(13-5-6-13)15(12)9-11(3)16/h7-8,13H,4-6,9H2,1-3H3. The van der Waals surface area contributed by atoms with Crippen molar-refractivity contribution in [1.29, 1.82) is 0 Å². The van der Waals surface area contributed by atoms with E-state index in [-0.39, 0.29) is 5.78 Å². The van der Waals surface area contributed by atoms with Crippen molar-refractivity contribution in [1.82, 2.24) is 0 Å². The number of hydrogen-bond donors (Lipinski definition) is 0. The van der Waals surface area contributed by atoms with Crippen LogP contribution < -0.4 is 0 Å². The van der Waals surface area contributed by atoms with Gasteiger partial charge in [-0.25, -0.2) is 0 Å². The van der Waals surface area contributed by atoms with Gasteiger partial charge < -0.3 is 0 Å². The molecule has 0 aromatic heterocycles. The van der Waals surface area contributed by atoms with Crippen LogP contribution in [0.1, 0.15) is 54.9 Å². The third-order valence-corrected chi connectivity index (χ3v) is 3.34. The summed E-state index contributed by atoms with van der Waals surface area (Å²) in [5, 5.41) is 0. The molecule has 0 amide bonds. The lowest BCUT2D eigenvalue weighted by Gasteiger charge is -2.14. The summed E-state index contributed by atoms with van der Waals surface area (Å²) in [6, 6.07) is 4.53. The smallest absolute Gasteiger partial charge is 0.134 e. The van der Waals surface area contributed by atoms with E-state index in [1.165, 1.54) is 35.1 Å². The molecule has 0 atom stereocenters. The Hall–Kier alpha value is -1.11. The zero-order valence-electron chi connectivity index (χ0n) is 10.5. The Morgan fingerprint density at radius 1 is 1.38 bits per heavy atom. The molecular formula is C15H20O. The maximum Gasteiger partial charge on any atom is 0.134 e. The summed E-state index contributed by atoms with van der Waals surface area (Å²) < 4.78 is 0. The molecule has 0 aliphatic heterocycles. The third-order valence-electron chi connectivity index (χ3n) is 3.34. The highest BCUT2D eigenvalue weighted by Crippen LogP contribution is 2.43. The van der Waals surface area contributed by atoms with Gasteiger partial charge in [0.15, 0.2) is 0 Å². The van der Waals surface area contributed by atoms with Crippen molar-refractivity contribution in [2.75, 3.05) is 0 Å². The molecule has 86 valence electrons. The maximum absolute atomic E-state index is 11.4. The lowest BCUT2D eigenvalue weighted by atomic mass is 9.91. The van der Waals surface area contributed by atoms with Crippen molar-refractivity contribution in [3.63, 3.8) is 0 Å². The van der Waals surface area contributed by atoms with Gasteiger partial charge in [-0.3, -0.25) is 4.79 Å². The molecule has 1 aromatic rings. The first-order valence-corrected chi connectivity index (χ1v) is 6.23. The fraction of sp³-hybridized carbons (Fsp3) is 0.533. The summed E-state index contributed by atoms with van der Waals surface area (Å²) in [7, 11) is 0. The van der Waals surface area contributed by atoms with Crippen molar-refractivity contribution in [3.8, 4) is 0 Å². The van der Waals surface area contributed by atoms with Crippen LogP contribution in [0.15, 0.2) is 12.1 Å². The number of hydrogen-bond acceptors (Lipinski definition) is 1. The zero-order chi connectivity index (χ0) is 11.7. The molecule has 0 unspecified atom stereocenters. The summed E-state index contributed by atoms with van der Waals surface area (Å²) in [5.41, 5.74) is 5.48. The summed E-state index contributed by atoms with van der Waals surface area (Å²) in [5.74, 6) is 1.01. The third kappa shape index (κ3) is 2.34. The minimum absolute atomic E-state index is 0.278. The Bertz CT molecular complexity index is 414. The second kappa shape index (κ2) is 4.40. The van der Waals surface area contributed by atoms with E-state index in [1.54, 1.807) is 6.92 Å². The van der Waals surface area contributed by atoms with Crippen LogP contribution in [0.5, 0.6) is 0 Å². The molecule has 1 aliphatic rings. The molecule has 0 bridgehead atoms. The van der Waals surface area contributed by atoms with E-state index in [2.05, 4.69) is 26.0 Å². The van der Waals surface area contributed by atoms with E-state index in [0.29, 0.717) is 6.42 Å². The number of aryl methyl sites for hydroxylation is 2. The van der Waals surface area contributed by atoms with Crippen molar-refractivity contribution in [2.24, 2.45) is 0 Å². The Kier molecular flexibility index (Phi) is 3.13. The first-order valence-electron chi connectivity index (χ1n) is 6.23. The highest BCUT2D eigenvalue weighted by atomic mass is 16.1. The molecule has 1 heteroatoms. The Balaban J connectivity index is 2.46. The average Bonchev–Trinajstić information content (AvgIpc) is 3.02. The van der Waals surface area contributed by atoms with Gasteiger partial charge in [-0.15, -0.1) is 0 Å². The summed E-state index contributed by atoms with van der Waals surface area (Å²) in [6.07, 6.45) is 4.26. The molecule has 0 heterocycles. The van der Waals surface area contributed by atoms with Gasteiger partial charge in [-0.1, -0.05) is 24.6 Å². The van der Waals surface area contributed by atoms with Gasteiger partial charge in [-0.2, -0.15) is 0 Å². The molecule has 2 rings (SSSR count). The summed E-state index contributed by atoms with van der Waals surface area (Å²) in [4.78, 5) is 11.4. The fourth-order valence-electron chi connectivity index (χ4n) is 2.46. The van der Waals surface area contributed by atoms with E-state index in [9.17, 15) is 4.79 Å². The van der Waals surface area contributed by atoms with Gasteiger partial charge in [-0.05, 0) is 55.7 Å². The summed E-state index contributed by atoms with van der Waals surface area (Å²) >= 11 is 0. The van der Waals surface area contributed by atoms with E-state index in [0.717, 1.165) is 12.3 Å². The van der Waals surface area contributed by atoms with Crippen LogP contribution in [0.4, 0.5) is 0 Å².